The molecule has 0 aromatic carbocycles. The molecular weight excluding hydrogens is 114 g/mol. The molecule has 0 saturated carbocycles. The molecule has 53 valence electrons. The molecule has 2 heteroatoms. The summed E-state index contributed by atoms with van der Waals surface area (Å²) in [6.45, 7) is 8.14. The minimum Gasteiger partial charge on any atom is -0.392 e. The Hall–Kier alpha value is -0.530. The Morgan fingerprint density at radius 1 is 1.44 bits per heavy atom. The van der Waals surface area contributed by atoms with E-state index in [9.17, 15) is 0 Å². The van der Waals surface area contributed by atoms with Gasteiger partial charge in [0, 0.05) is 5.41 Å². The van der Waals surface area contributed by atoms with Gasteiger partial charge < -0.3 is 4.84 Å². The summed E-state index contributed by atoms with van der Waals surface area (Å²) in [5.41, 5.74) is 1.05. The molecule has 0 atom stereocenters. The second-order valence-corrected chi connectivity index (χ2v) is 3.06. The van der Waals surface area contributed by atoms with Crippen LogP contribution in [0.25, 0.3) is 0 Å². The van der Waals surface area contributed by atoms with Crippen molar-refractivity contribution in [3.8, 4) is 0 Å². The molecule has 0 aromatic rings. The largest absolute Gasteiger partial charge is 0.392 e. The first-order valence-electron chi connectivity index (χ1n) is 2.94. The molecule has 0 rings (SSSR count). The standard InChI is InChI=1S/C7H14NO/c1-6(8-9-5)7(2,3)4/h5H2,1-4H3/b8-6+. The van der Waals surface area contributed by atoms with Crippen LogP contribution in [0.5, 0.6) is 0 Å². The highest BCUT2D eigenvalue weighted by Crippen LogP contribution is 2.15. The van der Waals surface area contributed by atoms with Gasteiger partial charge in [0.25, 0.3) is 0 Å². The van der Waals surface area contributed by atoms with E-state index in [1.54, 1.807) is 0 Å². The zero-order chi connectivity index (χ0) is 7.49. The highest BCUT2D eigenvalue weighted by atomic mass is 16.6. The molecule has 0 aliphatic heterocycles. The Labute approximate surface area is 56.9 Å². The summed E-state index contributed by atoms with van der Waals surface area (Å²) < 4.78 is 0. The van der Waals surface area contributed by atoms with Crippen molar-refractivity contribution in [3.05, 3.63) is 7.11 Å². The predicted molar refractivity (Wildman–Crippen MR) is 39.0 cm³/mol. The van der Waals surface area contributed by atoms with Crippen molar-refractivity contribution in [2.75, 3.05) is 0 Å². The van der Waals surface area contributed by atoms with Crippen molar-refractivity contribution in [2.24, 2.45) is 10.6 Å². The van der Waals surface area contributed by atoms with Crippen LogP contribution in [0.15, 0.2) is 5.16 Å². The second kappa shape index (κ2) is 2.85. The van der Waals surface area contributed by atoms with E-state index in [0.717, 1.165) is 5.71 Å². The van der Waals surface area contributed by atoms with Gasteiger partial charge in [-0.15, -0.1) is 0 Å². The first-order chi connectivity index (χ1) is 3.98. The zero-order valence-electron chi connectivity index (χ0n) is 6.56. The zero-order valence-corrected chi connectivity index (χ0v) is 6.56. The second-order valence-electron chi connectivity index (χ2n) is 3.06. The van der Waals surface area contributed by atoms with E-state index in [2.05, 4.69) is 37.9 Å². The topological polar surface area (TPSA) is 21.6 Å². The number of oxime groups is 1. The number of hydrogen-bond acceptors (Lipinski definition) is 2. The Morgan fingerprint density at radius 2 is 1.89 bits per heavy atom. The summed E-state index contributed by atoms with van der Waals surface area (Å²) in [5.74, 6) is 0. The van der Waals surface area contributed by atoms with Crippen molar-refractivity contribution >= 4 is 5.71 Å². The molecule has 0 N–H and O–H groups in total. The summed E-state index contributed by atoms with van der Waals surface area (Å²) >= 11 is 0. The average molecular weight is 128 g/mol. The molecule has 0 aromatic heterocycles. The van der Waals surface area contributed by atoms with E-state index in [4.69, 9.17) is 0 Å². The summed E-state index contributed by atoms with van der Waals surface area (Å²) in [6.07, 6.45) is 0. The molecule has 0 spiro atoms. The normalized spacial score (nSPS) is 13.7. The lowest BCUT2D eigenvalue weighted by atomic mass is 9.91. The van der Waals surface area contributed by atoms with E-state index in [0.29, 0.717) is 0 Å². The van der Waals surface area contributed by atoms with Crippen molar-refractivity contribution < 1.29 is 4.84 Å². The van der Waals surface area contributed by atoms with Gasteiger partial charge in [-0.2, -0.15) is 0 Å². The van der Waals surface area contributed by atoms with Crippen molar-refractivity contribution in [3.63, 3.8) is 0 Å². The quantitative estimate of drug-likeness (QED) is 0.392. The minimum atomic E-state index is 0.0949. The van der Waals surface area contributed by atoms with E-state index < -0.39 is 0 Å². The number of hydrogen-bond donors (Lipinski definition) is 0. The molecule has 2 nitrogen and oxygen atoms in total. The van der Waals surface area contributed by atoms with Gasteiger partial charge in [-0.05, 0) is 6.92 Å². The minimum absolute atomic E-state index is 0.0949. The van der Waals surface area contributed by atoms with Crippen LogP contribution in [-0.4, -0.2) is 5.71 Å². The third-order valence-electron chi connectivity index (χ3n) is 1.29. The summed E-state index contributed by atoms with van der Waals surface area (Å²) in [5, 5.41) is 3.70. The molecule has 0 heterocycles. The molecule has 0 saturated heterocycles. The highest BCUT2D eigenvalue weighted by molar-refractivity contribution is 5.86. The van der Waals surface area contributed by atoms with E-state index in [1.807, 2.05) is 6.92 Å². The van der Waals surface area contributed by atoms with Crippen LogP contribution in [0, 0.1) is 12.5 Å². The van der Waals surface area contributed by atoms with Gasteiger partial charge >= 0.3 is 0 Å². The fourth-order valence-electron chi connectivity index (χ4n) is 0.234. The molecule has 0 aliphatic rings. The first-order valence-corrected chi connectivity index (χ1v) is 2.94. The van der Waals surface area contributed by atoms with Gasteiger partial charge in [0.2, 0.25) is 0 Å². The van der Waals surface area contributed by atoms with E-state index >= 15 is 0 Å². The van der Waals surface area contributed by atoms with Gasteiger partial charge in [-0.1, -0.05) is 25.9 Å². The van der Waals surface area contributed by atoms with Crippen molar-refractivity contribution in [1.29, 1.82) is 0 Å². The van der Waals surface area contributed by atoms with Crippen LogP contribution in [-0.2, 0) is 4.84 Å². The van der Waals surface area contributed by atoms with Crippen molar-refractivity contribution in [2.45, 2.75) is 27.7 Å². The molecule has 9 heavy (non-hydrogen) atoms. The molecule has 1 radical (unpaired) electrons. The van der Waals surface area contributed by atoms with Gasteiger partial charge in [-0.3, -0.25) is 0 Å². The third kappa shape index (κ3) is 3.12. The first kappa shape index (κ1) is 8.47. The fraction of sp³-hybridized carbons (Fsp3) is 0.714. The lowest BCUT2D eigenvalue weighted by molar-refractivity contribution is 0.254. The molecule has 0 bridgehead atoms. The van der Waals surface area contributed by atoms with Crippen LogP contribution >= 0.6 is 0 Å². The predicted octanol–water partition coefficient (Wildman–Crippen LogP) is 2.22. The molecule has 0 fully saturated rings. The maximum atomic E-state index is 4.37. The van der Waals surface area contributed by atoms with Crippen LogP contribution in [0.2, 0.25) is 0 Å². The maximum absolute atomic E-state index is 4.37. The Bertz CT molecular complexity index is 111. The van der Waals surface area contributed by atoms with Gasteiger partial charge in [-0.25, -0.2) is 0 Å². The van der Waals surface area contributed by atoms with Crippen LogP contribution in [0.1, 0.15) is 27.7 Å². The molecule has 0 aliphatic carbocycles. The van der Waals surface area contributed by atoms with E-state index in [-0.39, 0.29) is 5.41 Å². The van der Waals surface area contributed by atoms with Gasteiger partial charge in [0.15, 0.2) is 7.11 Å². The average Bonchev–Trinajstić information content (AvgIpc) is 1.64. The van der Waals surface area contributed by atoms with E-state index in [1.165, 1.54) is 0 Å². The Balaban J connectivity index is 4.03. The lowest BCUT2D eigenvalue weighted by Crippen LogP contribution is -2.16. The van der Waals surface area contributed by atoms with Gasteiger partial charge in [0.1, 0.15) is 0 Å². The maximum Gasteiger partial charge on any atom is 0.153 e. The fourth-order valence-corrected chi connectivity index (χ4v) is 0.234. The van der Waals surface area contributed by atoms with Crippen LogP contribution in [0.3, 0.4) is 0 Å². The Morgan fingerprint density at radius 3 is 2.00 bits per heavy atom. The molecule has 0 amide bonds. The Kier molecular flexibility index (Phi) is 2.68. The monoisotopic (exact) mass is 128 g/mol. The van der Waals surface area contributed by atoms with Crippen LogP contribution in [0.4, 0.5) is 0 Å². The van der Waals surface area contributed by atoms with Crippen molar-refractivity contribution in [1.82, 2.24) is 0 Å². The highest BCUT2D eigenvalue weighted by Gasteiger charge is 2.14. The lowest BCUT2D eigenvalue weighted by Gasteiger charge is -2.16. The SMILES string of the molecule is [CH2]O/N=C(\C)C(C)(C)C. The number of nitrogens with zero attached hydrogens (tertiary/aromatic N) is 1. The summed E-state index contributed by atoms with van der Waals surface area (Å²) in [7, 11) is 3.15. The molecular formula is C7H14NO. The molecule has 0 unspecified atom stereocenters. The number of rotatable bonds is 1. The smallest absolute Gasteiger partial charge is 0.153 e. The summed E-state index contributed by atoms with van der Waals surface area (Å²) in [6, 6.07) is 0. The van der Waals surface area contributed by atoms with Gasteiger partial charge in [0.05, 0.1) is 5.71 Å². The summed E-state index contributed by atoms with van der Waals surface area (Å²) in [4.78, 5) is 4.37. The van der Waals surface area contributed by atoms with Crippen LogP contribution < -0.4 is 0 Å². The third-order valence-corrected chi connectivity index (χ3v) is 1.29.